The molecule has 4 nitrogen and oxygen atoms in total. The van der Waals surface area contributed by atoms with Gasteiger partial charge in [-0.3, -0.25) is 0 Å². The number of halogens is 1. The van der Waals surface area contributed by atoms with E-state index in [2.05, 4.69) is 45.4 Å². The molecular formula is C15H22BrN3O. The van der Waals surface area contributed by atoms with Crippen LogP contribution in [0.25, 0.3) is 0 Å². The van der Waals surface area contributed by atoms with Crippen molar-refractivity contribution in [1.82, 2.24) is 10.6 Å². The molecule has 110 valence electrons. The predicted octanol–water partition coefficient (Wildman–Crippen LogP) is 2.92. The molecule has 0 aliphatic heterocycles. The van der Waals surface area contributed by atoms with Gasteiger partial charge in [0, 0.05) is 12.6 Å². The fraction of sp³-hybridized carbons (Fsp3) is 0.533. The molecule has 1 aliphatic rings. The molecule has 0 bridgehead atoms. The lowest BCUT2D eigenvalue weighted by Crippen LogP contribution is -2.39. The first-order valence-electron chi connectivity index (χ1n) is 7.01. The maximum atomic E-state index is 5.23. The van der Waals surface area contributed by atoms with E-state index in [1.807, 2.05) is 18.2 Å². The Morgan fingerprint density at radius 2 is 2.25 bits per heavy atom. The summed E-state index contributed by atoms with van der Waals surface area (Å²) < 4.78 is 6.19. The first-order valence-corrected chi connectivity index (χ1v) is 7.80. The monoisotopic (exact) mass is 339 g/mol. The van der Waals surface area contributed by atoms with Crippen LogP contribution in [0.2, 0.25) is 0 Å². The van der Waals surface area contributed by atoms with Crippen molar-refractivity contribution in [2.75, 3.05) is 13.7 Å². The molecule has 0 amide bonds. The molecule has 0 aromatic heterocycles. The van der Waals surface area contributed by atoms with Crippen LogP contribution >= 0.6 is 15.9 Å². The highest BCUT2D eigenvalue weighted by molar-refractivity contribution is 9.10. The highest BCUT2D eigenvalue weighted by Gasteiger charge is 2.33. The van der Waals surface area contributed by atoms with Crippen molar-refractivity contribution in [3.8, 4) is 5.75 Å². The summed E-state index contributed by atoms with van der Waals surface area (Å²) in [5.41, 5.74) is 1.15. The molecule has 1 aromatic carbocycles. The molecule has 1 aliphatic carbocycles. The van der Waals surface area contributed by atoms with Gasteiger partial charge < -0.3 is 15.4 Å². The molecule has 2 rings (SSSR count). The quantitative estimate of drug-likeness (QED) is 0.640. The van der Waals surface area contributed by atoms with E-state index in [-0.39, 0.29) is 0 Å². The second kappa shape index (κ2) is 6.97. The highest BCUT2D eigenvalue weighted by Crippen LogP contribution is 2.29. The van der Waals surface area contributed by atoms with Gasteiger partial charge in [0.2, 0.25) is 0 Å². The van der Waals surface area contributed by atoms with Crippen LogP contribution in [-0.4, -0.2) is 25.7 Å². The Balaban J connectivity index is 1.98. The number of hydrogen-bond acceptors (Lipinski definition) is 2. The van der Waals surface area contributed by atoms with E-state index < -0.39 is 0 Å². The minimum atomic E-state index is 0.579. The van der Waals surface area contributed by atoms with Crippen molar-refractivity contribution < 1.29 is 4.74 Å². The number of aliphatic imine (C=N–C) groups is 1. The molecule has 2 unspecified atom stereocenters. The maximum Gasteiger partial charge on any atom is 0.191 e. The number of guanidine groups is 1. The van der Waals surface area contributed by atoms with E-state index in [0.717, 1.165) is 34.2 Å². The topological polar surface area (TPSA) is 45.7 Å². The predicted molar refractivity (Wildman–Crippen MR) is 86.2 cm³/mol. The number of nitrogens with zero attached hydrogens (tertiary/aromatic N) is 1. The fourth-order valence-electron chi connectivity index (χ4n) is 2.00. The summed E-state index contributed by atoms with van der Waals surface area (Å²) in [6.45, 7) is 5.86. The van der Waals surface area contributed by atoms with E-state index in [9.17, 15) is 0 Å². The van der Waals surface area contributed by atoms with E-state index >= 15 is 0 Å². The Morgan fingerprint density at radius 3 is 2.80 bits per heavy atom. The summed E-state index contributed by atoms with van der Waals surface area (Å²) in [7, 11) is 1.67. The van der Waals surface area contributed by atoms with E-state index in [1.54, 1.807) is 7.11 Å². The summed E-state index contributed by atoms with van der Waals surface area (Å²) in [4.78, 5) is 4.63. The van der Waals surface area contributed by atoms with Crippen LogP contribution in [0.5, 0.6) is 5.75 Å². The lowest BCUT2D eigenvalue weighted by Gasteiger charge is -2.11. The Hall–Kier alpha value is -1.23. The van der Waals surface area contributed by atoms with Gasteiger partial charge in [-0.1, -0.05) is 13.0 Å². The molecule has 20 heavy (non-hydrogen) atoms. The van der Waals surface area contributed by atoms with Crippen LogP contribution in [0.3, 0.4) is 0 Å². The smallest absolute Gasteiger partial charge is 0.191 e. The Labute approximate surface area is 129 Å². The molecular weight excluding hydrogens is 318 g/mol. The Morgan fingerprint density at radius 1 is 1.50 bits per heavy atom. The molecule has 5 heteroatoms. The average molecular weight is 340 g/mol. The fourth-order valence-corrected chi connectivity index (χ4v) is 2.59. The third-order valence-electron chi connectivity index (χ3n) is 3.41. The van der Waals surface area contributed by atoms with E-state index in [0.29, 0.717) is 12.6 Å². The SMILES string of the molecule is CCNC(=NCc1ccc(OC)c(Br)c1)NC1CC1C. The summed E-state index contributed by atoms with van der Waals surface area (Å²) in [5, 5.41) is 6.74. The van der Waals surface area contributed by atoms with Crippen LogP contribution in [-0.2, 0) is 6.54 Å². The zero-order valence-corrected chi connectivity index (χ0v) is 13.8. The van der Waals surface area contributed by atoms with Gasteiger partial charge >= 0.3 is 0 Å². The number of benzene rings is 1. The van der Waals surface area contributed by atoms with Crippen LogP contribution in [0.15, 0.2) is 27.7 Å². The van der Waals surface area contributed by atoms with Gasteiger partial charge in [-0.05, 0) is 52.9 Å². The largest absolute Gasteiger partial charge is 0.496 e. The van der Waals surface area contributed by atoms with Gasteiger partial charge in [-0.25, -0.2) is 4.99 Å². The van der Waals surface area contributed by atoms with Gasteiger partial charge in [-0.15, -0.1) is 0 Å². The maximum absolute atomic E-state index is 5.23. The summed E-state index contributed by atoms with van der Waals surface area (Å²) in [5.74, 6) is 2.50. The van der Waals surface area contributed by atoms with Gasteiger partial charge in [0.05, 0.1) is 18.1 Å². The molecule has 1 saturated carbocycles. The summed E-state index contributed by atoms with van der Waals surface area (Å²) in [6, 6.07) is 6.62. The molecule has 2 N–H and O–H groups in total. The van der Waals surface area contributed by atoms with Crippen molar-refractivity contribution in [3.63, 3.8) is 0 Å². The lowest BCUT2D eigenvalue weighted by molar-refractivity contribution is 0.412. The van der Waals surface area contributed by atoms with Crippen molar-refractivity contribution in [3.05, 3.63) is 28.2 Å². The van der Waals surface area contributed by atoms with Gasteiger partial charge in [0.15, 0.2) is 5.96 Å². The van der Waals surface area contributed by atoms with Crippen LogP contribution in [0, 0.1) is 5.92 Å². The first kappa shape index (κ1) is 15.2. The second-order valence-corrected chi connectivity index (χ2v) is 5.98. The number of nitrogens with one attached hydrogen (secondary N) is 2. The van der Waals surface area contributed by atoms with Crippen molar-refractivity contribution in [1.29, 1.82) is 0 Å². The zero-order chi connectivity index (χ0) is 14.5. The molecule has 1 fully saturated rings. The van der Waals surface area contributed by atoms with Crippen molar-refractivity contribution >= 4 is 21.9 Å². The minimum Gasteiger partial charge on any atom is -0.496 e. The third-order valence-corrected chi connectivity index (χ3v) is 4.03. The molecule has 2 atom stereocenters. The number of methoxy groups -OCH3 is 1. The molecule has 0 heterocycles. The Bertz CT molecular complexity index is 490. The van der Waals surface area contributed by atoms with E-state index in [1.165, 1.54) is 6.42 Å². The van der Waals surface area contributed by atoms with Gasteiger partial charge in [0.25, 0.3) is 0 Å². The van der Waals surface area contributed by atoms with Crippen molar-refractivity contribution in [2.45, 2.75) is 32.9 Å². The molecule has 0 spiro atoms. The van der Waals surface area contributed by atoms with Crippen LogP contribution < -0.4 is 15.4 Å². The van der Waals surface area contributed by atoms with Gasteiger partial charge in [-0.2, -0.15) is 0 Å². The van der Waals surface area contributed by atoms with Crippen LogP contribution in [0.1, 0.15) is 25.8 Å². The number of hydrogen-bond donors (Lipinski definition) is 2. The molecule has 0 radical (unpaired) electrons. The summed E-state index contributed by atoms with van der Waals surface area (Å²) in [6.07, 6.45) is 1.23. The van der Waals surface area contributed by atoms with Crippen LogP contribution in [0.4, 0.5) is 0 Å². The lowest BCUT2D eigenvalue weighted by atomic mass is 10.2. The number of rotatable bonds is 5. The average Bonchev–Trinajstić information content (AvgIpc) is 3.12. The normalized spacial score (nSPS) is 21.5. The van der Waals surface area contributed by atoms with Crippen molar-refractivity contribution in [2.24, 2.45) is 10.9 Å². The summed E-state index contributed by atoms with van der Waals surface area (Å²) >= 11 is 3.50. The number of ether oxygens (including phenoxy) is 1. The Kier molecular flexibility index (Phi) is 5.29. The third kappa shape index (κ3) is 4.13. The highest BCUT2D eigenvalue weighted by atomic mass is 79.9. The minimum absolute atomic E-state index is 0.579. The zero-order valence-electron chi connectivity index (χ0n) is 12.2. The van der Waals surface area contributed by atoms with Gasteiger partial charge in [0.1, 0.15) is 5.75 Å². The standard InChI is InChI=1S/C15H22BrN3O/c1-4-17-15(19-13-7-10(13)2)18-9-11-5-6-14(20-3)12(16)8-11/h5-6,8,10,13H,4,7,9H2,1-3H3,(H2,17,18,19). The second-order valence-electron chi connectivity index (χ2n) is 5.13. The molecule has 1 aromatic rings. The van der Waals surface area contributed by atoms with E-state index in [4.69, 9.17) is 4.74 Å². The first-order chi connectivity index (χ1) is 9.63. The molecule has 0 saturated heterocycles.